The van der Waals surface area contributed by atoms with Crippen molar-refractivity contribution in [1.29, 1.82) is 0 Å². The molecule has 4 atom stereocenters. The number of hydrogen-bond donors (Lipinski definition) is 0. The molecule has 9 nitrogen and oxygen atoms in total. The van der Waals surface area contributed by atoms with E-state index in [0.29, 0.717) is 0 Å². The maximum atomic E-state index is 14.1. The third-order valence-corrected chi connectivity index (χ3v) is 4.84. The van der Waals surface area contributed by atoms with E-state index in [2.05, 4.69) is 4.98 Å². The lowest BCUT2D eigenvalue weighted by molar-refractivity contribution is -0.166. The molecule has 1 unspecified atom stereocenters. The van der Waals surface area contributed by atoms with Crippen molar-refractivity contribution in [3.63, 3.8) is 0 Å². The first kappa shape index (κ1) is 22.3. The van der Waals surface area contributed by atoms with Crippen LogP contribution in [-0.2, 0) is 33.3 Å². The Morgan fingerprint density at radius 2 is 1.73 bits per heavy atom. The summed E-state index contributed by atoms with van der Waals surface area (Å²) in [5, 5.41) is -0.262. The molecule has 1 aliphatic rings. The minimum absolute atomic E-state index is 0.108. The van der Waals surface area contributed by atoms with Gasteiger partial charge >= 0.3 is 17.9 Å². The van der Waals surface area contributed by atoms with Gasteiger partial charge in [0.2, 0.25) is 5.28 Å². The van der Waals surface area contributed by atoms with Crippen LogP contribution in [-0.4, -0.2) is 52.4 Å². The van der Waals surface area contributed by atoms with Crippen LogP contribution in [0.5, 0.6) is 0 Å². The maximum absolute atomic E-state index is 14.1. The molecule has 3 rings (SSSR count). The second kappa shape index (κ2) is 8.75. The number of esters is 3. The van der Waals surface area contributed by atoms with E-state index in [1.54, 1.807) is 0 Å². The SMILES string of the molecule is CC(=O)OC[C@H]1OC(n2c(Cl)nc3cc(Cl)c(F)cc32)[C@H](OC(C)=O)[C@@H]1OC(C)=O. The average molecular weight is 463 g/mol. The van der Waals surface area contributed by atoms with E-state index in [4.69, 9.17) is 42.1 Å². The normalized spacial score (nSPS) is 23.4. The van der Waals surface area contributed by atoms with Crippen molar-refractivity contribution in [2.24, 2.45) is 0 Å². The average Bonchev–Trinajstić information content (AvgIpc) is 3.10. The van der Waals surface area contributed by atoms with Gasteiger partial charge in [-0.05, 0) is 17.7 Å². The first-order valence-corrected chi connectivity index (χ1v) is 9.49. The van der Waals surface area contributed by atoms with E-state index in [1.165, 1.54) is 17.6 Å². The van der Waals surface area contributed by atoms with Crippen LogP contribution >= 0.6 is 23.2 Å². The van der Waals surface area contributed by atoms with Crippen molar-refractivity contribution in [3.8, 4) is 0 Å². The van der Waals surface area contributed by atoms with Gasteiger partial charge in [0, 0.05) is 26.8 Å². The summed E-state index contributed by atoms with van der Waals surface area (Å²) in [5.41, 5.74) is 0.475. The van der Waals surface area contributed by atoms with E-state index < -0.39 is 48.3 Å². The molecule has 0 aliphatic carbocycles. The number of carbonyl (C=O) groups excluding carboxylic acids is 3. The number of aromatic nitrogens is 2. The van der Waals surface area contributed by atoms with Crippen LogP contribution in [0.15, 0.2) is 12.1 Å². The molecule has 2 heterocycles. The highest BCUT2D eigenvalue weighted by Gasteiger charge is 2.51. The van der Waals surface area contributed by atoms with Crippen molar-refractivity contribution in [2.75, 3.05) is 6.61 Å². The first-order valence-electron chi connectivity index (χ1n) is 8.74. The van der Waals surface area contributed by atoms with E-state index in [-0.39, 0.29) is 27.9 Å². The van der Waals surface area contributed by atoms with Crippen LogP contribution in [0.3, 0.4) is 0 Å². The third kappa shape index (κ3) is 4.50. The molecule has 162 valence electrons. The van der Waals surface area contributed by atoms with Crippen LogP contribution in [0.1, 0.15) is 27.0 Å². The molecule has 0 radical (unpaired) electrons. The highest BCUT2D eigenvalue weighted by Crippen LogP contribution is 2.39. The maximum Gasteiger partial charge on any atom is 0.303 e. The number of imidazole rings is 1. The number of benzene rings is 1. The fraction of sp³-hybridized carbons (Fsp3) is 0.444. The van der Waals surface area contributed by atoms with Crippen molar-refractivity contribution < 1.29 is 37.7 Å². The topological polar surface area (TPSA) is 106 Å². The van der Waals surface area contributed by atoms with Crippen LogP contribution < -0.4 is 0 Å². The highest BCUT2D eigenvalue weighted by molar-refractivity contribution is 6.32. The summed E-state index contributed by atoms with van der Waals surface area (Å²) in [4.78, 5) is 38.7. The lowest BCUT2D eigenvalue weighted by Crippen LogP contribution is -2.40. The smallest absolute Gasteiger partial charge is 0.303 e. The quantitative estimate of drug-likeness (QED) is 0.493. The van der Waals surface area contributed by atoms with Crippen molar-refractivity contribution in [1.82, 2.24) is 9.55 Å². The summed E-state index contributed by atoms with van der Waals surface area (Å²) < 4.78 is 36.9. The van der Waals surface area contributed by atoms with Gasteiger partial charge in [0.25, 0.3) is 0 Å². The van der Waals surface area contributed by atoms with Crippen molar-refractivity contribution >= 4 is 52.1 Å². The first-order chi connectivity index (χ1) is 14.1. The summed E-state index contributed by atoms with van der Waals surface area (Å²) in [6, 6.07) is 2.38. The predicted molar refractivity (Wildman–Crippen MR) is 101 cm³/mol. The molecule has 1 fully saturated rings. The number of rotatable bonds is 5. The fourth-order valence-electron chi connectivity index (χ4n) is 3.20. The summed E-state index contributed by atoms with van der Waals surface area (Å²) >= 11 is 12.1. The standard InChI is InChI=1S/C18H17Cl2FN2O7/c1-7(24)27-6-14-15(28-8(2)25)16(29-9(3)26)17(30-14)23-13-5-11(21)10(19)4-12(13)22-18(23)20/h4-5,14-17H,6H2,1-3H3/t14-,15-,16-,17?/m1/s1. The Labute approximate surface area is 179 Å². The lowest BCUT2D eigenvalue weighted by atomic mass is 10.1. The number of ether oxygens (including phenoxy) is 4. The zero-order valence-corrected chi connectivity index (χ0v) is 17.6. The third-order valence-electron chi connectivity index (χ3n) is 4.28. The molecule has 1 aromatic carbocycles. The minimum atomic E-state index is -1.18. The summed E-state index contributed by atoms with van der Waals surface area (Å²) in [6.07, 6.45) is -4.45. The zero-order chi connectivity index (χ0) is 22.2. The minimum Gasteiger partial charge on any atom is -0.463 e. The molecule has 1 saturated heterocycles. The number of nitrogens with zero attached hydrogens (tertiary/aromatic N) is 2. The Hall–Kier alpha value is -2.43. The molecular weight excluding hydrogens is 446 g/mol. The summed E-state index contributed by atoms with van der Waals surface area (Å²) in [5.74, 6) is -2.67. The Kier molecular flexibility index (Phi) is 6.49. The largest absolute Gasteiger partial charge is 0.463 e. The Bertz CT molecular complexity index is 1010. The van der Waals surface area contributed by atoms with Gasteiger partial charge in [-0.15, -0.1) is 0 Å². The van der Waals surface area contributed by atoms with E-state index in [1.807, 2.05) is 0 Å². The molecule has 0 amide bonds. The molecule has 0 saturated carbocycles. The van der Waals surface area contributed by atoms with Crippen LogP contribution in [0.2, 0.25) is 10.3 Å². The predicted octanol–water partition coefficient (Wildman–Crippen LogP) is 2.81. The monoisotopic (exact) mass is 462 g/mol. The van der Waals surface area contributed by atoms with Crippen molar-refractivity contribution in [2.45, 2.75) is 45.3 Å². The number of hydrogen-bond acceptors (Lipinski definition) is 8. The van der Waals surface area contributed by atoms with Gasteiger partial charge in [-0.1, -0.05) is 11.6 Å². The van der Waals surface area contributed by atoms with Gasteiger partial charge in [0.15, 0.2) is 18.4 Å². The Morgan fingerprint density at radius 1 is 1.10 bits per heavy atom. The number of halogens is 3. The van der Waals surface area contributed by atoms with Crippen molar-refractivity contribution in [3.05, 3.63) is 28.3 Å². The van der Waals surface area contributed by atoms with Gasteiger partial charge in [0.05, 0.1) is 16.1 Å². The Morgan fingerprint density at radius 3 is 2.33 bits per heavy atom. The highest BCUT2D eigenvalue weighted by atomic mass is 35.5. The molecule has 0 spiro atoms. The second-order valence-electron chi connectivity index (χ2n) is 6.52. The zero-order valence-electron chi connectivity index (χ0n) is 16.1. The van der Waals surface area contributed by atoms with Crippen LogP contribution in [0, 0.1) is 5.82 Å². The molecular formula is C18H17Cl2FN2O7. The fourth-order valence-corrected chi connectivity index (χ4v) is 3.64. The number of fused-ring (bicyclic) bond motifs is 1. The lowest BCUT2D eigenvalue weighted by Gasteiger charge is -2.24. The second-order valence-corrected chi connectivity index (χ2v) is 7.27. The van der Waals surface area contributed by atoms with E-state index >= 15 is 0 Å². The van der Waals surface area contributed by atoms with Gasteiger partial charge < -0.3 is 18.9 Å². The molecule has 1 aliphatic heterocycles. The van der Waals surface area contributed by atoms with E-state index in [0.717, 1.165) is 19.9 Å². The molecule has 1 aromatic heterocycles. The molecule has 0 bridgehead atoms. The van der Waals surface area contributed by atoms with Gasteiger partial charge in [0.1, 0.15) is 18.5 Å². The van der Waals surface area contributed by atoms with Gasteiger partial charge in [-0.2, -0.15) is 0 Å². The molecule has 0 N–H and O–H groups in total. The van der Waals surface area contributed by atoms with Gasteiger partial charge in [-0.25, -0.2) is 9.37 Å². The van der Waals surface area contributed by atoms with E-state index in [9.17, 15) is 18.8 Å². The summed E-state index contributed by atoms with van der Waals surface area (Å²) in [6.45, 7) is 3.24. The Balaban J connectivity index is 2.09. The molecule has 2 aromatic rings. The molecule has 12 heteroatoms. The van der Waals surface area contributed by atoms with Crippen LogP contribution in [0.25, 0.3) is 11.0 Å². The van der Waals surface area contributed by atoms with Gasteiger partial charge in [-0.3, -0.25) is 19.0 Å². The van der Waals surface area contributed by atoms with Crippen LogP contribution in [0.4, 0.5) is 4.39 Å². The summed E-state index contributed by atoms with van der Waals surface area (Å²) in [7, 11) is 0. The number of carbonyl (C=O) groups is 3. The molecule has 30 heavy (non-hydrogen) atoms.